The molecule has 0 aliphatic heterocycles. The first-order valence-corrected chi connectivity index (χ1v) is 4.36. The van der Waals surface area contributed by atoms with Gasteiger partial charge < -0.3 is 17.7 Å². The summed E-state index contributed by atoms with van der Waals surface area (Å²) in [6, 6.07) is 0. The molecule has 0 saturated heterocycles. The van der Waals surface area contributed by atoms with Crippen molar-refractivity contribution in [3.63, 3.8) is 0 Å². The average molecular weight is 220 g/mol. The maximum absolute atomic E-state index is 11.6. The van der Waals surface area contributed by atoms with E-state index >= 15 is 0 Å². The fourth-order valence-electron chi connectivity index (χ4n) is 1.25. The molecule has 0 aromatic heterocycles. The minimum atomic E-state index is -4.74. The van der Waals surface area contributed by atoms with Crippen molar-refractivity contribution in [2.75, 3.05) is 13.1 Å². The molecule has 0 bridgehead atoms. The van der Waals surface area contributed by atoms with Gasteiger partial charge in [-0.3, -0.25) is 0 Å². The molecule has 1 aliphatic rings. The molecule has 0 spiro atoms. The zero-order chi connectivity index (χ0) is 9.03. The van der Waals surface area contributed by atoms with Crippen LogP contribution in [0.1, 0.15) is 25.7 Å². The monoisotopic (exact) mass is 220 g/mol. The summed E-state index contributed by atoms with van der Waals surface area (Å²) in [6.45, 7) is -5.51. The van der Waals surface area contributed by atoms with Crippen LogP contribution in [0.25, 0.3) is 0 Å². The molecule has 1 nitrogen and oxygen atoms in total. The van der Waals surface area contributed by atoms with Crippen LogP contribution in [0.2, 0.25) is 0 Å². The molecule has 0 atom stereocenters. The van der Waals surface area contributed by atoms with Crippen molar-refractivity contribution in [2.24, 2.45) is 5.92 Å². The maximum Gasteiger partial charge on any atom is 1.00 e. The molecule has 0 amide bonds. The summed E-state index contributed by atoms with van der Waals surface area (Å²) in [5.74, 6) is 0.630. The molecule has 0 N–H and O–H groups in total. The van der Waals surface area contributed by atoms with Crippen LogP contribution >= 0.6 is 0 Å². The molecular weight excluding hydrogens is 207 g/mol. The third-order valence-electron chi connectivity index (χ3n) is 2.20. The first-order chi connectivity index (χ1) is 5.58. The van der Waals surface area contributed by atoms with Gasteiger partial charge >= 0.3 is 58.4 Å². The SMILES string of the molecule is F[B-](F)(F)COCCC1CCC1.[K+]. The molecule has 0 radical (unpaired) electrons. The van der Waals surface area contributed by atoms with Gasteiger partial charge in [-0.15, -0.1) is 0 Å². The number of rotatable bonds is 5. The minimum Gasteiger partial charge on any atom is -0.447 e. The molecule has 1 aliphatic carbocycles. The smallest absolute Gasteiger partial charge is 0.447 e. The predicted molar refractivity (Wildman–Crippen MR) is 41.9 cm³/mol. The number of hydrogen-bond acceptors (Lipinski definition) is 1. The van der Waals surface area contributed by atoms with E-state index in [0.717, 1.165) is 6.42 Å². The summed E-state index contributed by atoms with van der Waals surface area (Å²) >= 11 is 0. The van der Waals surface area contributed by atoms with Gasteiger partial charge in [0.25, 0.3) is 0 Å². The normalized spacial score (nSPS) is 17.8. The molecule has 1 saturated carbocycles. The summed E-state index contributed by atoms with van der Waals surface area (Å²) in [4.78, 5) is 0. The summed E-state index contributed by atoms with van der Waals surface area (Å²) in [5.41, 5.74) is 0. The third kappa shape index (κ3) is 7.39. The molecule has 0 heterocycles. The second-order valence-electron chi connectivity index (χ2n) is 3.37. The molecule has 0 aromatic carbocycles. The van der Waals surface area contributed by atoms with Crippen molar-refractivity contribution in [2.45, 2.75) is 25.7 Å². The standard InChI is InChI=1S/C7H13BF3O.K/c9-8(10,11)6-12-5-4-7-2-1-3-7;/h7H,1-6H2;/q-1;+1. The second-order valence-corrected chi connectivity index (χ2v) is 3.37. The van der Waals surface area contributed by atoms with E-state index in [0.29, 0.717) is 5.92 Å². The predicted octanol–water partition coefficient (Wildman–Crippen LogP) is -0.416. The van der Waals surface area contributed by atoms with Crippen molar-refractivity contribution < 1.29 is 69.1 Å². The van der Waals surface area contributed by atoms with Gasteiger partial charge in [0.05, 0.1) is 0 Å². The van der Waals surface area contributed by atoms with Gasteiger partial charge in [-0.25, -0.2) is 0 Å². The Kier molecular flexibility index (Phi) is 7.61. The van der Waals surface area contributed by atoms with E-state index in [1.165, 1.54) is 19.3 Å². The number of ether oxygens (including phenoxy) is 1. The Morgan fingerprint density at radius 3 is 2.23 bits per heavy atom. The quantitative estimate of drug-likeness (QED) is 0.452. The van der Waals surface area contributed by atoms with E-state index < -0.39 is 13.5 Å². The Morgan fingerprint density at radius 2 is 1.85 bits per heavy atom. The van der Waals surface area contributed by atoms with Crippen molar-refractivity contribution in [1.29, 1.82) is 0 Å². The van der Waals surface area contributed by atoms with E-state index in [1.807, 2.05) is 0 Å². The van der Waals surface area contributed by atoms with E-state index in [-0.39, 0.29) is 58.0 Å². The van der Waals surface area contributed by atoms with Crippen molar-refractivity contribution in [3.05, 3.63) is 0 Å². The van der Waals surface area contributed by atoms with Crippen LogP contribution in [0.15, 0.2) is 0 Å². The fourth-order valence-corrected chi connectivity index (χ4v) is 1.25. The van der Waals surface area contributed by atoms with Gasteiger partial charge in [-0.2, -0.15) is 0 Å². The van der Waals surface area contributed by atoms with Crippen LogP contribution in [-0.2, 0) is 4.74 Å². The van der Waals surface area contributed by atoms with Gasteiger partial charge in [-0.05, 0) is 12.3 Å². The number of hydrogen-bond donors (Lipinski definition) is 0. The molecule has 6 heteroatoms. The Bertz CT molecular complexity index is 138. The Labute approximate surface area is 119 Å². The molecule has 13 heavy (non-hydrogen) atoms. The topological polar surface area (TPSA) is 9.23 Å². The largest absolute Gasteiger partial charge is 1.00 e. The van der Waals surface area contributed by atoms with Crippen LogP contribution in [0.3, 0.4) is 0 Å². The van der Waals surface area contributed by atoms with E-state index in [1.54, 1.807) is 0 Å². The summed E-state index contributed by atoms with van der Waals surface area (Å²) in [5, 5.41) is 0. The Hall–Kier alpha value is 1.45. The van der Waals surface area contributed by atoms with E-state index in [2.05, 4.69) is 4.74 Å². The first kappa shape index (κ1) is 14.5. The van der Waals surface area contributed by atoms with Gasteiger partial charge in [0.15, 0.2) is 0 Å². The van der Waals surface area contributed by atoms with Gasteiger partial charge in [0.2, 0.25) is 0 Å². The van der Waals surface area contributed by atoms with Gasteiger partial charge in [0, 0.05) is 13.1 Å². The number of halogens is 3. The van der Waals surface area contributed by atoms with Crippen molar-refractivity contribution >= 4 is 6.98 Å². The van der Waals surface area contributed by atoms with Crippen LogP contribution in [-0.4, -0.2) is 20.1 Å². The summed E-state index contributed by atoms with van der Waals surface area (Å²) in [7, 11) is 0. The van der Waals surface area contributed by atoms with E-state index in [4.69, 9.17) is 0 Å². The fraction of sp³-hybridized carbons (Fsp3) is 1.00. The zero-order valence-electron chi connectivity index (χ0n) is 7.94. The zero-order valence-corrected chi connectivity index (χ0v) is 11.1. The molecule has 0 aromatic rings. The van der Waals surface area contributed by atoms with Crippen molar-refractivity contribution in [3.8, 4) is 0 Å². The van der Waals surface area contributed by atoms with Crippen LogP contribution in [0.5, 0.6) is 0 Å². The Morgan fingerprint density at radius 1 is 1.23 bits per heavy atom. The minimum absolute atomic E-state index is 0. The maximum atomic E-state index is 11.6. The third-order valence-corrected chi connectivity index (χ3v) is 2.20. The molecule has 1 rings (SSSR count). The molecule has 72 valence electrons. The van der Waals surface area contributed by atoms with Crippen LogP contribution in [0, 0.1) is 5.92 Å². The first-order valence-electron chi connectivity index (χ1n) is 4.36. The molecular formula is C7H13BF3KO. The van der Waals surface area contributed by atoms with Crippen LogP contribution < -0.4 is 51.4 Å². The summed E-state index contributed by atoms with van der Waals surface area (Å²) in [6.07, 6.45) is 4.36. The van der Waals surface area contributed by atoms with Gasteiger partial charge in [0.1, 0.15) is 0 Å². The van der Waals surface area contributed by atoms with Crippen LogP contribution in [0.4, 0.5) is 12.9 Å². The molecule has 0 unspecified atom stereocenters. The average Bonchev–Trinajstić information content (AvgIpc) is 1.80. The van der Waals surface area contributed by atoms with Crippen molar-refractivity contribution in [1.82, 2.24) is 0 Å². The molecule has 1 fully saturated rings. The Balaban J connectivity index is 0.00000144. The second kappa shape index (κ2) is 6.85. The van der Waals surface area contributed by atoms with Gasteiger partial charge in [-0.1, -0.05) is 19.3 Å². The van der Waals surface area contributed by atoms with E-state index in [9.17, 15) is 12.9 Å². The summed E-state index contributed by atoms with van der Waals surface area (Å²) < 4.78 is 39.3.